The first-order valence-corrected chi connectivity index (χ1v) is 13.8. The lowest BCUT2D eigenvalue weighted by Gasteiger charge is -2.36. The average molecular weight is 544 g/mol. The molecule has 3 N–H and O–H groups in total. The van der Waals surface area contributed by atoms with Gasteiger partial charge in [-0.1, -0.05) is 51.1 Å². The largest absolute Gasteiger partial charge is 0.444 e. The molecule has 1 aliphatic heterocycles. The third-order valence-corrected chi connectivity index (χ3v) is 7.48. The van der Waals surface area contributed by atoms with Crippen LogP contribution in [0.25, 0.3) is 11.3 Å². The van der Waals surface area contributed by atoms with Crippen molar-refractivity contribution in [3.8, 4) is 11.3 Å². The molecule has 208 valence electrons. The minimum absolute atomic E-state index is 0.193. The Bertz CT molecular complexity index is 1140. The first-order valence-electron chi connectivity index (χ1n) is 12.9. The number of nitrogens with two attached hydrogens (primary N) is 1. The number of carbonyl (C=O) groups excluding carboxylic acids is 3. The van der Waals surface area contributed by atoms with E-state index in [0.29, 0.717) is 13.0 Å². The van der Waals surface area contributed by atoms with Crippen LogP contribution in [-0.2, 0) is 14.3 Å². The highest BCUT2D eigenvalue weighted by molar-refractivity contribution is 7.10. The van der Waals surface area contributed by atoms with Gasteiger partial charge in [0.15, 0.2) is 0 Å². The van der Waals surface area contributed by atoms with Crippen LogP contribution in [0.3, 0.4) is 0 Å². The number of carbonyl (C=O) groups is 3. The van der Waals surface area contributed by atoms with Crippen LogP contribution in [0.1, 0.15) is 65.9 Å². The quantitative estimate of drug-likeness (QED) is 0.564. The lowest BCUT2D eigenvalue weighted by molar-refractivity contribution is -0.141. The molecule has 3 amide bonds. The molecule has 0 bridgehead atoms. The molecule has 1 aliphatic rings. The predicted molar refractivity (Wildman–Crippen MR) is 149 cm³/mol. The van der Waals surface area contributed by atoms with E-state index in [4.69, 9.17) is 15.5 Å². The van der Waals surface area contributed by atoms with Crippen LogP contribution in [0.4, 0.5) is 4.79 Å². The van der Waals surface area contributed by atoms with Crippen molar-refractivity contribution in [3.63, 3.8) is 0 Å². The molecule has 1 fully saturated rings. The molecule has 0 spiro atoms. The SMILES string of the molecule is C[C@@H](C(=O)N[C@H](C(=O)N1C[C@@H](N)C[C@H]1c1nc(-c2ccccc2)cs1)C(C)(C)C)N(C)C(=O)OC(C)(C)C. The summed E-state index contributed by atoms with van der Waals surface area (Å²) in [6.45, 7) is 13.0. The normalized spacial score (nSPS) is 19.6. The zero-order valence-corrected chi connectivity index (χ0v) is 24.5. The Morgan fingerprint density at radius 2 is 1.79 bits per heavy atom. The molecule has 0 unspecified atom stereocenters. The van der Waals surface area contributed by atoms with Crippen molar-refractivity contribution in [3.05, 3.63) is 40.7 Å². The fourth-order valence-electron chi connectivity index (χ4n) is 4.27. The van der Waals surface area contributed by atoms with Gasteiger partial charge < -0.3 is 20.7 Å². The number of benzene rings is 1. The molecule has 38 heavy (non-hydrogen) atoms. The van der Waals surface area contributed by atoms with E-state index in [-0.39, 0.29) is 18.0 Å². The van der Waals surface area contributed by atoms with Crippen LogP contribution < -0.4 is 11.1 Å². The minimum atomic E-state index is -0.841. The van der Waals surface area contributed by atoms with E-state index in [2.05, 4.69) is 5.32 Å². The number of rotatable bonds is 6. The van der Waals surface area contributed by atoms with Crippen LogP contribution >= 0.6 is 11.3 Å². The van der Waals surface area contributed by atoms with Crippen LogP contribution in [0.2, 0.25) is 0 Å². The summed E-state index contributed by atoms with van der Waals surface area (Å²) < 4.78 is 5.39. The number of amides is 3. The van der Waals surface area contributed by atoms with Gasteiger partial charge in [-0.05, 0) is 39.5 Å². The van der Waals surface area contributed by atoms with Crippen molar-refractivity contribution in [2.45, 2.75) is 84.7 Å². The Morgan fingerprint density at radius 3 is 2.37 bits per heavy atom. The molecule has 2 heterocycles. The molecule has 1 saturated heterocycles. The summed E-state index contributed by atoms with van der Waals surface area (Å²) in [4.78, 5) is 47.5. The van der Waals surface area contributed by atoms with Gasteiger partial charge in [-0.3, -0.25) is 14.5 Å². The van der Waals surface area contributed by atoms with E-state index < -0.39 is 35.1 Å². The number of likely N-dealkylation sites (tertiary alicyclic amines) is 1. The van der Waals surface area contributed by atoms with Gasteiger partial charge in [0.1, 0.15) is 22.7 Å². The van der Waals surface area contributed by atoms with Gasteiger partial charge in [0, 0.05) is 30.6 Å². The fourth-order valence-corrected chi connectivity index (χ4v) is 5.23. The summed E-state index contributed by atoms with van der Waals surface area (Å²) in [5.41, 5.74) is 6.92. The highest BCUT2D eigenvalue weighted by atomic mass is 32.1. The first-order chi connectivity index (χ1) is 17.6. The van der Waals surface area contributed by atoms with E-state index in [9.17, 15) is 14.4 Å². The third kappa shape index (κ3) is 7.11. The zero-order valence-electron chi connectivity index (χ0n) is 23.6. The van der Waals surface area contributed by atoms with Gasteiger partial charge in [-0.15, -0.1) is 11.3 Å². The Hall–Kier alpha value is -2.98. The minimum Gasteiger partial charge on any atom is -0.444 e. The number of hydrogen-bond donors (Lipinski definition) is 2. The van der Waals surface area contributed by atoms with Crippen LogP contribution in [0.5, 0.6) is 0 Å². The number of hydrogen-bond acceptors (Lipinski definition) is 7. The number of aromatic nitrogens is 1. The summed E-state index contributed by atoms with van der Waals surface area (Å²) in [7, 11) is 1.51. The molecule has 0 aliphatic carbocycles. The molecular weight excluding hydrogens is 502 g/mol. The summed E-state index contributed by atoms with van der Waals surface area (Å²) in [6.07, 6.45) is -0.0156. The van der Waals surface area contributed by atoms with E-state index in [1.165, 1.54) is 23.3 Å². The molecule has 1 aromatic carbocycles. The number of nitrogens with one attached hydrogen (secondary N) is 1. The maximum Gasteiger partial charge on any atom is 0.410 e. The van der Waals surface area contributed by atoms with Crippen molar-refractivity contribution >= 4 is 29.2 Å². The summed E-state index contributed by atoms with van der Waals surface area (Å²) in [6, 6.07) is 7.76. The standard InChI is InChI=1S/C28H41N5O4S/c1-17(32(8)26(36)37-28(5,6)7)23(34)31-22(27(2,3)4)25(35)33-15-19(29)14-21(33)24-30-20(16-38-24)18-12-10-9-11-13-18/h9-13,16-17,19,21-22H,14-15,29H2,1-8H3,(H,31,34)/t17-,19-,21-,22+/m0/s1. The third-order valence-electron chi connectivity index (χ3n) is 6.53. The van der Waals surface area contributed by atoms with Gasteiger partial charge >= 0.3 is 6.09 Å². The molecule has 0 radical (unpaired) electrons. The number of likely N-dealkylation sites (N-methyl/N-ethyl adjacent to an activating group) is 1. The Balaban J connectivity index is 1.80. The van der Waals surface area contributed by atoms with Crippen molar-refractivity contribution in [2.75, 3.05) is 13.6 Å². The molecule has 10 heteroatoms. The van der Waals surface area contributed by atoms with E-state index in [1.54, 1.807) is 32.6 Å². The second-order valence-corrected chi connectivity index (χ2v) is 12.9. The highest BCUT2D eigenvalue weighted by Crippen LogP contribution is 2.37. The highest BCUT2D eigenvalue weighted by Gasteiger charge is 2.43. The van der Waals surface area contributed by atoms with Crippen molar-refractivity contribution in [1.82, 2.24) is 20.1 Å². The van der Waals surface area contributed by atoms with Crippen molar-refractivity contribution in [2.24, 2.45) is 11.1 Å². The second-order valence-electron chi connectivity index (χ2n) is 12.0. The van der Waals surface area contributed by atoms with Gasteiger partial charge in [0.25, 0.3) is 0 Å². The van der Waals surface area contributed by atoms with Crippen molar-refractivity contribution in [1.29, 1.82) is 0 Å². The van der Waals surface area contributed by atoms with Gasteiger partial charge in [0.2, 0.25) is 11.8 Å². The van der Waals surface area contributed by atoms with Gasteiger partial charge in [-0.25, -0.2) is 9.78 Å². The second kappa shape index (κ2) is 11.4. The number of nitrogens with zero attached hydrogens (tertiary/aromatic N) is 3. The maximum atomic E-state index is 14.0. The average Bonchev–Trinajstić information content (AvgIpc) is 3.46. The lowest BCUT2D eigenvalue weighted by Crippen LogP contribution is -2.58. The first kappa shape index (κ1) is 29.6. The Kier molecular flexibility index (Phi) is 8.88. The zero-order chi connectivity index (χ0) is 28.4. The molecule has 2 aromatic rings. The van der Waals surface area contributed by atoms with Crippen LogP contribution in [0, 0.1) is 5.41 Å². The summed E-state index contributed by atoms with van der Waals surface area (Å²) in [5, 5.41) is 5.73. The summed E-state index contributed by atoms with van der Waals surface area (Å²) in [5.74, 6) is -0.653. The van der Waals surface area contributed by atoms with E-state index in [0.717, 1.165) is 16.3 Å². The van der Waals surface area contributed by atoms with Crippen LogP contribution in [0.15, 0.2) is 35.7 Å². The van der Waals surface area contributed by atoms with E-state index >= 15 is 0 Å². The van der Waals surface area contributed by atoms with E-state index in [1.807, 2.05) is 56.5 Å². The molecular formula is C28H41N5O4S. The molecule has 1 aromatic heterocycles. The van der Waals surface area contributed by atoms with Crippen LogP contribution in [-0.4, -0.2) is 70.0 Å². The monoisotopic (exact) mass is 543 g/mol. The molecule has 4 atom stereocenters. The molecule has 9 nitrogen and oxygen atoms in total. The number of thiazole rings is 1. The molecule has 0 saturated carbocycles. The van der Waals surface area contributed by atoms with Gasteiger partial charge in [0.05, 0.1) is 11.7 Å². The van der Waals surface area contributed by atoms with Gasteiger partial charge in [-0.2, -0.15) is 0 Å². The predicted octanol–water partition coefficient (Wildman–Crippen LogP) is 4.20. The topological polar surface area (TPSA) is 118 Å². The fraction of sp³-hybridized carbons (Fsp3) is 0.571. The summed E-state index contributed by atoms with van der Waals surface area (Å²) >= 11 is 1.51. The Labute approximate surface area is 229 Å². The molecule has 3 rings (SSSR count). The smallest absolute Gasteiger partial charge is 0.410 e. The Morgan fingerprint density at radius 1 is 1.16 bits per heavy atom. The van der Waals surface area contributed by atoms with Crippen molar-refractivity contribution < 1.29 is 19.1 Å². The maximum absolute atomic E-state index is 14.0. The lowest BCUT2D eigenvalue weighted by atomic mass is 9.85. The number of ether oxygens (including phenoxy) is 1.